The van der Waals surface area contributed by atoms with E-state index in [0.717, 1.165) is 38.2 Å². The van der Waals surface area contributed by atoms with Crippen LogP contribution in [0.5, 0.6) is 0 Å². The second-order valence-corrected chi connectivity index (χ2v) is 7.10. The number of thiazole rings is 1. The van der Waals surface area contributed by atoms with Crippen molar-refractivity contribution in [2.75, 3.05) is 19.6 Å². The van der Waals surface area contributed by atoms with E-state index in [4.69, 9.17) is 16.3 Å². The lowest BCUT2D eigenvalue weighted by molar-refractivity contribution is -0.128. The van der Waals surface area contributed by atoms with Gasteiger partial charge in [-0.05, 0) is 33.7 Å². The zero-order valence-electron chi connectivity index (χ0n) is 12.0. The zero-order chi connectivity index (χ0) is 13.9. The summed E-state index contributed by atoms with van der Waals surface area (Å²) in [4.78, 5) is 7.00. The van der Waals surface area contributed by atoms with Crippen LogP contribution in [-0.4, -0.2) is 41.2 Å². The Hall–Kier alpha value is -0.160. The minimum atomic E-state index is -0.0232. The van der Waals surface area contributed by atoms with Gasteiger partial charge in [0.25, 0.3) is 0 Å². The zero-order valence-corrected chi connectivity index (χ0v) is 13.6. The molecule has 0 saturated carbocycles. The van der Waals surface area contributed by atoms with Gasteiger partial charge in [-0.25, -0.2) is 4.98 Å². The van der Waals surface area contributed by atoms with Crippen LogP contribution in [-0.2, 0) is 17.0 Å². The summed E-state index contributed by atoms with van der Waals surface area (Å²) in [6.45, 7) is 9.66. The Balaban J connectivity index is 1.76. The van der Waals surface area contributed by atoms with Crippen molar-refractivity contribution in [3.8, 4) is 0 Å². The van der Waals surface area contributed by atoms with Gasteiger partial charge in [-0.15, -0.1) is 22.9 Å². The third-order valence-electron chi connectivity index (χ3n) is 3.24. The molecule has 0 amide bonds. The maximum atomic E-state index is 5.92. The van der Waals surface area contributed by atoms with Gasteiger partial charge in [0.15, 0.2) is 0 Å². The number of alkyl halides is 1. The van der Waals surface area contributed by atoms with Crippen molar-refractivity contribution in [1.82, 2.24) is 9.88 Å². The van der Waals surface area contributed by atoms with Gasteiger partial charge in [0.2, 0.25) is 0 Å². The molecular weight excluding hydrogens is 280 g/mol. The van der Waals surface area contributed by atoms with Crippen molar-refractivity contribution in [3.63, 3.8) is 0 Å². The number of nitrogens with zero attached hydrogens (tertiary/aromatic N) is 2. The first-order chi connectivity index (χ1) is 8.98. The number of aromatic nitrogens is 1. The predicted octanol–water partition coefficient (Wildman–Crippen LogP) is 3.31. The Morgan fingerprint density at radius 1 is 1.58 bits per heavy atom. The normalized spacial score (nSPS) is 23.7. The number of rotatable bonds is 5. The van der Waals surface area contributed by atoms with Crippen LogP contribution >= 0.6 is 22.9 Å². The highest BCUT2D eigenvalue weighted by Gasteiger charge is 2.30. The molecule has 0 aromatic carbocycles. The minimum Gasteiger partial charge on any atom is -0.370 e. The number of hydrogen-bond acceptors (Lipinski definition) is 4. The van der Waals surface area contributed by atoms with Crippen molar-refractivity contribution in [2.24, 2.45) is 0 Å². The molecular formula is C14H23ClN2OS. The van der Waals surface area contributed by atoms with Gasteiger partial charge in [-0.2, -0.15) is 0 Å². The lowest BCUT2D eigenvalue weighted by atomic mass is 10.1. The summed E-state index contributed by atoms with van der Waals surface area (Å²) in [6.07, 6.45) is 2.53. The van der Waals surface area contributed by atoms with E-state index in [9.17, 15) is 0 Å². The smallest absolute Gasteiger partial charge is 0.0929 e. The molecule has 3 nitrogen and oxygen atoms in total. The molecule has 19 heavy (non-hydrogen) atoms. The van der Waals surface area contributed by atoms with E-state index >= 15 is 0 Å². The number of halogens is 1. The van der Waals surface area contributed by atoms with E-state index in [2.05, 4.69) is 36.0 Å². The fourth-order valence-corrected chi connectivity index (χ4v) is 3.80. The topological polar surface area (TPSA) is 25.4 Å². The third-order valence-corrected chi connectivity index (χ3v) is 4.47. The van der Waals surface area contributed by atoms with Crippen LogP contribution in [0.4, 0.5) is 0 Å². The number of hydrogen-bond donors (Lipinski definition) is 0. The molecule has 108 valence electrons. The van der Waals surface area contributed by atoms with E-state index in [-0.39, 0.29) is 5.60 Å². The van der Waals surface area contributed by atoms with Crippen LogP contribution < -0.4 is 0 Å². The summed E-state index contributed by atoms with van der Waals surface area (Å²) < 4.78 is 5.92. The van der Waals surface area contributed by atoms with Crippen LogP contribution in [0, 0.1) is 0 Å². The van der Waals surface area contributed by atoms with Crippen molar-refractivity contribution >= 4 is 22.9 Å². The SMILES string of the molecule is CC1CN(CCCc2nc(CCl)cs2)CC(C)(C)O1. The molecule has 1 atom stereocenters. The standard InChI is InChI=1S/C14H23ClN2OS/c1-11-8-17(10-14(2,3)18-11)6-4-5-13-16-12(7-15)9-19-13/h9,11H,4-8,10H2,1-3H3. The molecule has 0 bridgehead atoms. The average Bonchev–Trinajstić information content (AvgIpc) is 2.74. The van der Waals surface area contributed by atoms with Crippen LogP contribution in [0.25, 0.3) is 0 Å². The first-order valence-electron chi connectivity index (χ1n) is 6.88. The van der Waals surface area contributed by atoms with Crippen LogP contribution in [0.15, 0.2) is 5.38 Å². The van der Waals surface area contributed by atoms with Gasteiger partial charge >= 0.3 is 0 Å². The molecule has 5 heteroatoms. The Morgan fingerprint density at radius 3 is 3.00 bits per heavy atom. The molecule has 1 fully saturated rings. The van der Waals surface area contributed by atoms with E-state index in [0.29, 0.717) is 12.0 Å². The lowest BCUT2D eigenvalue weighted by Gasteiger charge is -2.41. The molecule has 1 aliphatic rings. The molecule has 1 aromatic heterocycles. The van der Waals surface area contributed by atoms with Gasteiger partial charge < -0.3 is 4.74 Å². The monoisotopic (exact) mass is 302 g/mol. The summed E-state index contributed by atoms with van der Waals surface area (Å²) >= 11 is 7.49. The first kappa shape index (κ1) is 15.2. The van der Waals surface area contributed by atoms with E-state index in [1.807, 2.05) is 0 Å². The Morgan fingerprint density at radius 2 is 2.37 bits per heavy atom. The van der Waals surface area contributed by atoms with Gasteiger partial charge in [-0.3, -0.25) is 4.90 Å². The van der Waals surface area contributed by atoms with E-state index in [1.165, 1.54) is 5.01 Å². The summed E-state index contributed by atoms with van der Waals surface area (Å²) in [5.41, 5.74) is 0.979. The average molecular weight is 303 g/mol. The molecule has 1 unspecified atom stereocenters. The minimum absolute atomic E-state index is 0.0232. The largest absolute Gasteiger partial charge is 0.370 e. The van der Waals surface area contributed by atoms with Gasteiger partial charge in [0.1, 0.15) is 0 Å². The van der Waals surface area contributed by atoms with Crippen molar-refractivity contribution in [2.45, 2.75) is 51.2 Å². The highest BCUT2D eigenvalue weighted by Crippen LogP contribution is 2.21. The maximum absolute atomic E-state index is 5.92. The fraction of sp³-hybridized carbons (Fsp3) is 0.786. The molecule has 0 aliphatic carbocycles. The predicted molar refractivity (Wildman–Crippen MR) is 81.1 cm³/mol. The Kier molecular flexibility index (Phi) is 5.23. The first-order valence-corrected chi connectivity index (χ1v) is 8.29. The molecule has 1 aromatic rings. The number of ether oxygens (including phenoxy) is 1. The Bertz CT molecular complexity index is 408. The highest BCUT2D eigenvalue weighted by molar-refractivity contribution is 7.09. The second kappa shape index (κ2) is 6.53. The number of aryl methyl sites for hydroxylation is 1. The van der Waals surface area contributed by atoms with Gasteiger partial charge in [0, 0.05) is 24.9 Å². The van der Waals surface area contributed by atoms with Crippen LogP contribution in [0.1, 0.15) is 37.9 Å². The fourth-order valence-electron chi connectivity index (χ4n) is 2.74. The van der Waals surface area contributed by atoms with Crippen molar-refractivity contribution in [3.05, 3.63) is 16.1 Å². The van der Waals surface area contributed by atoms with Gasteiger partial charge in [-0.1, -0.05) is 0 Å². The molecule has 0 radical (unpaired) electrons. The number of morpholine rings is 1. The highest BCUT2D eigenvalue weighted by atomic mass is 35.5. The van der Waals surface area contributed by atoms with Crippen molar-refractivity contribution < 1.29 is 4.74 Å². The molecule has 2 heterocycles. The Labute approximate surface area is 124 Å². The quantitative estimate of drug-likeness (QED) is 0.780. The van der Waals surface area contributed by atoms with Crippen LogP contribution in [0.3, 0.4) is 0 Å². The molecule has 0 spiro atoms. The van der Waals surface area contributed by atoms with E-state index < -0.39 is 0 Å². The van der Waals surface area contributed by atoms with Crippen LogP contribution in [0.2, 0.25) is 0 Å². The summed E-state index contributed by atoms with van der Waals surface area (Å²) in [6, 6.07) is 0. The summed E-state index contributed by atoms with van der Waals surface area (Å²) in [5.74, 6) is 0.520. The van der Waals surface area contributed by atoms with Gasteiger partial charge in [0.05, 0.1) is 28.3 Å². The van der Waals surface area contributed by atoms with E-state index in [1.54, 1.807) is 11.3 Å². The third kappa shape index (κ3) is 4.71. The summed E-state index contributed by atoms with van der Waals surface area (Å²) in [7, 11) is 0. The maximum Gasteiger partial charge on any atom is 0.0929 e. The lowest BCUT2D eigenvalue weighted by Crippen LogP contribution is -2.52. The molecule has 1 saturated heterocycles. The summed E-state index contributed by atoms with van der Waals surface area (Å²) in [5, 5.41) is 3.26. The van der Waals surface area contributed by atoms with Crippen molar-refractivity contribution in [1.29, 1.82) is 0 Å². The molecule has 2 rings (SSSR count). The second-order valence-electron chi connectivity index (χ2n) is 5.89. The molecule has 0 N–H and O–H groups in total. The molecule has 1 aliphatic heterocycles.